The van der Waals surface area contributed by atoms with Gasteiger partial charge >= 0.3 is 0 Å². The second-order valence-electron chi connectivity index (χ2n) is 2.02. The Morgan fingerprint density at radius 2 is 2.11 bits per heavy atom. The first-order valence-corrected chi connectivity index (χ1v) is 3.51. The van der Waals surface area contributed by atoms with Crippen molar-refractivity contribution in [2.24, 2.45) is 0 Å². The quantitative estimate of drug-likeness (QED) is 0.532. The smallest absolute Gasteiger partial charge is 0.0827 e. The molecule has 0 saturated heterocycles. The van der Waals surface area contributed by atoms with E-state index in [2.05, 4.69) is 15.9 Å². The highest BCUT2D eigenvalue weighted by atomic mass is 79.9. The fourth-order valence-electron chi connectivity index (χ4n) is 0.632. The molecule has 1 aromatic rings. The number of aryl methyl sites for hydroxylation is 1. The third-order valence-electron chi connectivity index (χ3n) is 1.16. The van der Waals surface area contributed by atoms with Crippen LogP contribution in [-0.4, -0.2) is 7.85 Å². The van der Waals surface area contributed by atoms with Crippen molar-refractivity contribution in [3.05, 3.63) is 28.2 Å². The summed E-state index contributed by atoms with van der Waals surface area (Å²) in [6, 6.07) is 5.87. The third kappa shape index (κ3) is 1.58. The largest absolute Gasteiger partial charge is 0.115 e. The van der Waals surface area contributed by atoms with E-state index >= 15 is 0 Å². The van der Waals surface area contributed by atoms with E-state index in [1.165, 1.54) is 5.56 Å². The summed E-state index contributed by atoms with van der Waals surface area (Å²) in [6.45, 7) is 2.03. The van der Waals surface area contributed by atoms with Crippen LogP contribution in [-0.2, 0) is 0 Å². The summed E-state index contributed by atoms with van der Waals surface area (Å²) in [5, 5.41) is 0. The highest BCUT2D eigenvalue weighted by molar-refractivity contribution is 9.10. The summed E-state index contributed by atoms with van der Waals surface area (Å²) in [7, 11) is 5.54. The lowest BCUT2D eigenvalue weighted by Crippen LogP contribution is -2.02. The Kier molecular flexibility index (Phi) is 1.96. The molecule has 0 saturated carbocycles. The fourth-order valence-corrected chi connectivity index (χ4v) is 1.13. The average molecular weight is 181 g/mol. The van der Waals surface area contributed by atoms with Crippen LogP contribution in [0.5, 0.6) is 0 Å². The van der Waals surface area contributed by atoms with Crippen LogP contribution in [0, 0.1) is 6.92 Å². The minimum Gasteiger partial charge on any atom is -0.0827 e. The summed E-state index contributed by atoms with van der Waals surface area (Å²) in [5.74, 6) is 0. The molecular formula is C7H6BBr. The van der Waals surface area contributed by atoms with Gasteiger partial charge in [0.1, 0.15) is 7.85 Å². The van der Waals surface area contributed by atoms with Gasteiger partial charge in [-0.25, -0.2) is 0 Å². The Morgan fingerprint density at radius 3 is 2.56 bits per heavy atom. The van der Waals surface area contributed by atoms with Gasteiger partial charge in [0, 0.05) is 4.47 Å². The Labute approximate surface area is 64.8 Å². The maximum Gasteiger partial charge on any atom is 0.115 e. The second-order valence-corrected chi connectivity index (χ2v) is 2.88. The first kappa shape index (κ1) is 6.88. The summed E-state index contributed by atoms with van der Waals surface area (Å²) in [5.41, 5.74) is 2.01. The van der Waals surface area contributed by atoms with Crippen molar-refractivity contribution in [2.75, 3.05) is 0 Å². The SMILES string of the molecule is [B]c1ccc(C)cc1Br. The average Bonchev–Trinajstić information content (AvgIpc) is 1.80. The zero-order chi connectivity index (χ0) is 6.85. The van der Waals surface area contributed by atoms with Gasteiger partial charge in [0.25, 0.3) is 0 Å². The van der Waals surface area contributed by atoms with E-state index in [1.807, 2.05) is 25.1 Å². The van der Waals surface area contributed by atoms with Gasteiger partial charge in [-0.05, 0) is 13.0 Å². The summed E-state index contributed by atoms with van der Waals surface area (Å²) >= 11 is 3.32. The normalized spacial score (nSPS) is 9.56. The van der Waals surface area contributed by atoms with Gasteiger partial charge < -0.3 is 0 Å². The molecule has 0 atom stereocenters. The Hall–Kier alpha value is -0.235. The van der Waals surface area contributed by atoms with Crippen LogP contribution in [0.2, 0.25) is 0 Å². The van der Waals surface area contributed by atoms with Crippen LogP contribution in [0.3, 0.4) is 0 Å². The number of halogens is 1. The van der Waals surface area contributed by atoms with Gasteiger partial charge in [-0.1, -0.05) is 39.1 Å². The highest BCUT2D eigenvalue weighted by Gasteiger charge is 1.90. The summed E-state index contributed by atoms with van der Waals surface area (Å²) in [6.07, 6.45) is 0. The van der Waals surface area contributed by atoms with Crippen molar-refractivity contribution in [1.29, 1.82) is 0 Å². The van der Waals surface area contributed by atoms with Gasteiger partial charge in [-0.2, -0.15) is 0 Å². The predicted octanol–water partition coefficient (Wildman–Crippen LogP) is 1.55. The molecule has 44 valence electrons. The molecule has 2 radical (unpaired) electrons. The van der Waals surface area contributed by atoms with Crippen molar-refractivity contribution in [2.45, 2.75) is 6.92 Å². The summed E-state index contributed by atoms with van der Waals surface area (Å²) < 4.78 is 0.975. The van der Waals surface area contributed by atoms with E-state index in [0.717, 1.165) is 9.94 Å². The predicted molar refractivity (Wildman–Crippen MR) is 44.3 cm³/mol. The molecule has 0 unspecified atom stereocenters. The van der Waals surface area contributed by atoms with Gasteiger partial charge in [-0.3, -0.25) is 0 Å². The second kappa shape index (κ2) is 2.57. The number of hydrogen-bond acceptors (Lipinski definition) is 0. The Bertz CT molecular complexity index is 220. The molecule has 1 aromatic carbocycles. The molecule has 0 spiro atoms. The topological polar surface area (TPSA) is 0 Å². The van der Waals surface area contributed by atoms with Crippen molar-refractivity contribution in [3.8, 4) is 0 Å². The number of hydrogen-bond donors (Lipinski definition) is 0. The molecule has 0 N–H and O–H groups in total. The fraction of sp³-hybridized carbons (Fsp3) is 0.143. The molecule has 0 amide bonds. The van der Waals surface area contributed by atoms with Gasteiger partial charge in [0.2, 0.25) is 0 Å². The van der Waals surface area contributed by atoms with Gasteiger partial charge in [0.15, 0.2) is 0 Å². The van der Waals surface area contributed by atoms with E-state index in [9.17, 15) is 0 Å². The Balaban J connectivity index is 3.17. The van der Waals surface area contributed by atoms with Crippen LogP contribution < -0.4 is 5.46 Å². The molecule has 2 heteroatoms. The maximum absolute atomic E-state index is 5.54. The minimum atomic E-state index is 0.792. The molecule has 0 nitrogen and oxygen atoms in total. The van der Waals surface area contributed by atoms with Crippen molar-refractivity contribution in [1.82, 2.24) is 0 Å². The van der Waals surface area contributed by atoms with Crippen molar-refractivity contribution < 1.29 is 0 Å². The van der Waals surface area contributed by atoms with Crippen LogP contribution in [0.1, 0.15) is 5.56 Å². The first-order chi connectivity index (χ1) is 4.20. The third-order valence-corrected chi connectivity index (χ3v) is 1.84. The molecule has 0 aliphatic carbocycles. The van der Waals surface area contributed by atoms with E-state index in [0.29, 0.717) is 0 Å². The molecule has 0 aliphatic heterocycles. The van der Waals surface area contributed by atoms with E-state index in [1.54, 1.807) is 0 Å². The Morgan fingerprint density at radius 1 is 1.44 bits per heavy atom. The van der Waals surface area contributed by atoms with Crippen LogP contribution in [0.4, 0.5) is 0 Å². The van der Waals surface area contributed by atoms with Gasteiger partial charge in [0.05, 0.1) is 0 Å². The molecule has 0 bridgehead atoms. The molecule has 0 fully saturated rings. The lowest BCUT2D eigenvalue weighted by molar-refractivity contribution is 1.47. The first-order valence-electron chi connectivity index (χ1n) is 2.72. The van der Waals surface area contributed by atoms with Crippen LogP contribution in [0.25, 0.3) is 0 Å². The van der Waals surface area contributed by atoms with Gasteiger partial charge in [-0.15, -0.1) is 0 Å². The maximum atomic E-state index is 5.54. The monoisotopic (exact) mass is 180 g/mol. The molecule has 0 heterocycles. The number of benzene rings is 1. The lowest BCUT2D eigenvalue weighted by Gasteiger charge is -1.97. The van der Waals surface area contributed by atoms with Crippen molar-refractivity contribution in [3.63, 3.8) is 0 Å². The van der Waals surface area contributed by atoms with Crippen molar-refractivity contribution >= 4 is 29.2 Å². The zero-order valence-electron chi connectivity index (χ0n) is 5.19. The van der Waals surface area contributed by atoms with E-state index < -0.39 is 0 Å². The zero-order valence-corrected chi connectivity index (χ0v) is 6.77. The van der Waals surface area contributed by atoms with Crippen LogP contribution >= 0.6 is 15.9 Å². The van der Waals surface area contributed by atoms with E-state index in [-0.39, 0.29) is 0 Å². The molecule has 1 rings (SSSR count). The molecule has 0 aromatic heterocycles. The highest BCUT2D eigenvalue weighted by Crippen LogP contribution is 2.06. The molecule has 9 heavy (non-hydrogen) atoms. The van der Waals surface area contributed by atoms with E-state index in [4.69, 9.17) is 7.85 Å². The minimum absolute atomic E-state index is 0.792. The molecule has 0 aliphatic rings. The standard InChI is InChI=1S/C7H6BBr/c1-5-2-3-6(8)7(9)4-5/h2-4H,1H3. The number of rotatable bonds is 0. The van der Waals surface area contributed by atoms with Crippen LogP contribution in [0.15, 0.2) is 22.7 Å². The molecular weight excluding hydrogens is 175 g/mol. The summed E-state index contributed by atoms with van der Waals surface area (Å²) in [4.78, 5) is 0. The lowest BCUT2D eigenvalue weighted by atomic mass is 9.96.